The Morgan fingerprint density at radius 1 is 1.21 bits per heavy atom. The fourth-order valence-electron chi connectivity index (χ4n) is 2.82. The summed E-state index contributed by atoms with van der Waals surface area (Å²) in [6.07, 6.45) is 0.317. The number of hydrogen-bond donors (Lipinski definition) is 3. The van der Waals surface area contributed by atoms with Gasteiger partial charge in [0.1, 0.15) is 12.1 Å². The second kappa shape index (κ2) is 6.76. The van der Waals surface area contributed by atoms with Gasteiger partial charge in [-0.3, -0.25) is 19.8 Å². The number of carboxylic acids is 1. The summed E-state index contributed by atoms with van der Waals surface area (Å²) in [5, 5.41) is 16.3. The Morgan fingerprint density at radius 2 is 1.86 bits per heavy atom. The van der Waals surface area contributed by atoms with Crippen molar-refractivity contribution >= 4 is 34.6 Å². The predicted octanol–water partition coefficient (Wildman–Crippen LogP) is -0.154. The van der Waals surface area contributed by atoms with Crippen molar-refractivity contribution in [2.24, 2.45) is 0 Å². The highest BCUT2D eigenvalue weighted by atomic mass is 16.4. The smallest absolute Gasteiger partial charge is 0.357 e. The number of amides is 4. The highest BCUT2D eigenvalue weighted by Crippen LogP contribution is 2.19. The first-order chi connectivity index (χ1) is 13.2. The zero-order chi connectivity index (χ0) is 20.6. The first kappa shape index (κ1) is 19.0. The van der Waals surface area contributed by atoms with Gasteiger partial charge in [-0.25, -0.2) is 14.3 Å². The molecule has 0 bridgehead atoms. The zero-order valence-corrected chi connectivity index (χ0v) is 15.1. The maximum atomic E-state index is 12.5. The van der Waals surface area contributed by atoms with Crippen molar-refractivity contribution in [3.63, 3.8) is 0 Å². The van der Waals surface area contributed by atoms with E-state index in [0.717, 1.165) is 0 Å². The lowest BCUT2D eigenvalue weighted by Crippen LogP contribution is -2.50. The molecule has 0 spiro atoms. The lowest BCUT2D eigenvalue weighted by Gasteiger charge is -2.19. The van der Waals surface area contributed by atoms with Gasteiger partial charge in [0.15, 0.2) is 5.69 Å². The molecule has 1 fully saturated rings. The van der Waals surface area contributed by atoms with Crippen molar-refractivity contribution in [3.05, 3.63) is 40.3 Å². The molecule has 1 aliphatic rings. The number of nitrogens with one attached hydrogen (secondary N) is 2. The van der Waals surface area contributed by atoms with E-state index in [2.05, 4.69) is 15.8 Å². The molecule has 1 saturated heterocycles. The molecule has 3 rings (SSSR count). The summed E-state index contributed by atoms with van der Waals surface area (Å²) in [4.78, 5) is 60.5. The van der Waals surface area contributed by atoms with Gasteiger partial charge >= 0.3 is 12.0 Å². The Balaban J connectivity index is 1.89. The quantitative estimate of drug-likeness (QED) is 0.603. The molecule has 146 valence electrons. The molecular weight excluding hydrogens is 370 g/mol. The summed E-state index contributed by atoms with van der Waals surface area (Å²) in [6.45, 7) is 2.55. The van der Waals surface area contributed by atoms with Crippen LogP contribution in [0, 0.1) is 0 Å². The van der Waals surface area contributed by atoms with E-state index in [4.69, 9.17) is 0 Å². The molecule has 2 aromatic rings. The molecule has 2 heterocycles. The van der Waals surface area contributed by atoms with Crippen molar-refractivity contribution in [1.82, 2.24) is 25.5 Å². The third-order valence-electron chi connectivity index (χ3n) is 4.57. The largest absolute Gasteiger partial charge is 0.476 e. The number of urea groups is 1. The fraction of sp³-hybridized carbons (Fsp3) is 0.294. The van der Waals surface area contributed by atoms with Gasteiger partial charge in [-0.1, -0.05) is 25.1 Å². The first-order valence-electron chi connectivity index (χ1n) is 8.37. The van der Waals surface area contributed by atoms with E-state index in [-0.39, 0.29) is 10.8 Å². The third kappa shape index (κ3) is 3.06. The Kier molecular flexibility index (Phi) is 4.59. The van der Waals surface area contributed by atoms with Crippen molar-refractivity contribution in [2.75, 3.05) is 0 Å². The molecule has 1 aliphatic heterocycles. The van der Waals surface area contributed by atoms with E-state index >= 15 is 0 Å². The molecule has 0 aliphatic carbocycles. The molecule has 1 aromatic heterocycles. The molecule has 1 aromatic carbocycles. The van der Waals surface area contributed by atoms with Crippen LogP contribution in [0.4, 0.5) is 4.79 Å². The number of nitrogens with zero attached hydrogens (tertiary/aromatic N) is 3. The van der Waals surface area contributed by atoms with Crippen molar-refractivity contribution in [1.29, 1.82) is 0 Å². The lowest BCUT2D eigenvalue weighted by atomic mass is 10.00. The van der Waals surface area contributed by atoms with Gasteiger partial charge in [-0.05, 0) is 19.4 Å². The fourth-order valence-corrected chi connectivity index (χ4v) is 2.82. The number of hydrogen-bond acceptors (Lipinski definition) is 6. The van der Waals surface area contributed by atoms with Crippen LogP contribution < -0.4 is 16.3 Å². The van der Waals surface area contributed by atoms with E-state index in [9.17, 15) is 29.1 Å². The van der Waals surface area contributed by atoms with Gasteiger partial charge in [0.25, 0.3) is 17.4 Å². The second-order valence-corrected chi connectivity index (χ2v) is 6.45. The molecular formula is C17H17N5O6. The highest BCUT2D eigenvalue weighted by molar-refractivity contribution is 6.07. The highest BCUT2D eigenvalue weighted by Gasteiger charge is 2.47. The number of carboxylic acid groups (broad SMARTS) is 1. The predicted molar refractivity (Wildman–Crippen MR) is 95.2 cm³/mol. The number of rotatable bonds is 5. The third-order valence-corrected chi connectivity index (χ3v) is 4.57. The molecule has 0 saturated carbocycles. The maximum Gasteiger partial charge on any atom is 0.357 e. The van der Waals surface area contributed by atoms with Crippen LogP contribution in [0.2, 0.25) is 0 Å². The topological polar surface area (TPSA) is 151 Å². The zero-order valence-electron chi connectivity index (χ0n) is 15.1. The average molecular weight is 387 g/mol. The Hall–Kier alpha value is -3.76. The van der Waals surface area contributed by atoms with Crippen molar-refractivity contribution in [2.45, 2.75) is 32.4 Å². The lowest BCUT2D eigenvalue weighted by molar-refractivity contribution is -0.139. The van der Waals surface area contributed by atoms with Crippen LogP contribution in [0.3, 0.4) is 0 Å². The van der Waals surface area contributed by atoms with Gasteiger partial charge in [0.2, 0.25) is 0 Å². The minimum absolute atomic E-state index is 0.0799. The molecule has 11 nitrogen and oxygen atoms in total. The van der Waals surface area contributed by atoms with E-state index < -0.39 is 47.2 Å². The minimum Gasteiger partial charge on any atom is -0.476 e. The number of imide groups is 1. The van der Waals surface area contributed by atoms with Gasteiger partial charge in [0.05, 0.1) is 5.39 Å². The Labute approximate surface area is 157 Å². The summed E-state index contributed by atoms with van der Waals surface area (Å²) in [6, 6.07) is 5.18. The van der Waals surface area contributed by atoms with Crippen LogP contribution in [0.5, 0.6) is 0 Å². The van der Waals surface area contributed by atoms with Gasteiger partial charge < -0.3 is 10.4 Å². The number of carbonyl (C=O) groups is 4. The van der Waals surface area contributed by atoms with Crippen LogP contribution in [0.1, 0.15) is 30.8 Å². The second-order valence-electron chi connectivity index (χ2n) is 6.45. The molecule has 0 unspecified atom stereocenters. The summed E-state index contributed by atoms with van der Waals surface area (Å²) in [5.41, 5.74) is -0.0807. The number of aromatic carboxylic acids is 1. The normalized spacial score (nSPS) is 19.0. The molecule has 28 heavy (non-hydrogen) atoms. The SMILES string of the molecule is CC[C@]1(C)NC(=O)N(NC(=O)Cn2nc(C(=O)O)c3ccccc3c2=O)C1=O. The molecule has 0 radical (unpaired) electrons. The molecule has 3 N–H and O–H groups in total. The summed E-state index contributed by atoms with van der Waals surface area (Å²) in [7, 11) is 0. The number of carbonyl (C=O) groups excluding carboxylic acids is 3. The van der Waals surface area contributed by atoms with E-state index in [0.29, 0.717) is 16.1 Å². The van der Waals surface area contributed by atoms with Crippen molar-refractivity contribution < 1.29 is 24.3 Å². The van der Waals surface area contributed by atoms with Crippen LogP contribution in [0.25, 0.3) is 10.8 Å². The standard InChI is InChI=1S/C17H17N5O6/c1-3-17(2)15(27)22(16(28)18-17)19-11(23)8-21-13(24)10-7-5-4-6-9(10)12(20-21)14(25)26/h4-7H,3,8H2,1-2H3,(H,18,28)(H,19,23)(H,25,26)/t17-/m0/s1. The van der Waals surface area contributed by atoms with Gasteiger partial charge in [-0.15, -0.1) is 0 Å². The molecule has 11 heteroatoms. The van der Waals surface area contributed by atoms with Gasteiger partial charge in [-0.2, -0.15) is 10.1 Å². The van der Waals surface area contributed by atoms with E-state index in [1.807, 2.05) is 0 Å². The molecule has 1 atom stereocenters. The number of fused-ring (bicyclic) bond motifs is 1. The van der Waals surface area contributed by atoms with Crippen LogP contribution >= 0.6 is 0 Å². The van der Waals surface area contributed by atoms with Crippen LogP contribution in [-0.2, 0) is 16.1 Å². The summed E-state index contributed by atoms with van der Waals surface area (Å²) >= 11 is 0. The Bertz CT molecular complexity index is 1080. The first-order valence-corrected chi connectivity index (χ1v) is 8.37. The summed E-state index contributed by atoms with van der Waals surface area (Å²) in [5.74, 6) is -2.89. The average Bonchev–Trinajstić information content (AvgIpc) is 2.87. The Morgan fingerprint density at radius 3 is 2.43 bits per heavy atom. The maximum absolute atomic E-state index is 12.5. The van der Waals surface area contributed by atoms with E-state index in [1.54, 1.807) is 19.1 Å². The monoisotopic (exact) mass is 387 g/mol. The van der Waals surface area contributed by atoms with Crippen LogP contribution in [-0.4, -0.2) is 49.2 Å². The molecule has 4 amide bonds. The number of aromatic nitrogens is 2. The minimum atomic E-state index is -1.36. The number of hydrazine groups is 1. The van der Waals surface area contributed by atoms with Gasteiger partial charge in [0, 0.05) is 5.39 Å². The van der Waals surface area contributed by atoms with E-state index in [1.165, 1.54) is 19.1 Å². The summed E-state index contributed by atoms with van der Waals surface area (Å²) < 4.78 is 0.679. The van der Waals surface area contributed by atoms with Crippen LogP contribution in [0.15, 0.2) is 29.1 Å². The van der Waals surface area contributed by atoms with Crippen molar-refractivity contribution in [3.8, 4) is 0 Å². The number of benzene rings is 1.